The zero-order chi connectivity index (χ0) is 33.6. The topological polar surface area (TPSA) is 190 Å². The van der Waals surface area contributed by atoms with E-state index in [1.54, 1.807) is 48.1 Å². The minimum Gasteiger partial charge on any atom is -0.481 e. The van der Waals surface area contributed by atoms with Gasteiger partial charge in [-0.15, -0.1) is 0 Å². The van der Waals surface area contributed by atoms with Crippen LogP contribution in [0.25, 0.3) is 22.3 Å². The van der Waals surface area contributed by atoms with Crippen molar-refractivity contribution in [2.45, 2.75) is 50.0 Å². The number of ether oxygens (including phenoxy) is 3. The predicted octanol–water partition coefficient (Wildman–Crippen LogP) is 1.85. The van der Waals surface area contributed by atoms with Crippen LogP contribution in [0.15, 0.2) is 75.4 Å². The highest BCUT2D eigenvalue weighted by Crippen LogP contribution is 2.18. The molecule has 0 amide bonds. The lowest BCUT2D eigenvalue weighted by Gasteiger charge is -2.14. The van der Waals surface area contributed by atoms with Crippen LogP contribution in [0.2, 0.25) is 0 Å². The molecule has 1 saturated heterocycles. The first kappa shape index (κ1) is 33.6. The molecule has 0 radical (unpaired) electrons. The summed E-state index contributed by atoms with van der Waals surface area (Å²) in [5.74, 6) is 0.804. The number of nitrogens with zero attached hydrogens (tertiary/aromatic N) is 6. The molecular formula is C31H34N6O9S. The van der Waals surface area contributed by atoms with Crippen LogP contribution >= 0.6 is 0 Å². The number of hydrogen-bond acceptors (Lipinski definition) is 13. The maximum Gasteiger partial charge on any atom is 0.297 e. The highest BCUT2D eigenvalue weighted by atomic mass is 32.2. The number of fused-ring (bicyclic) bond motifs is 2. The van der Waals surface area contributed by atoms with E-state index < -0.39 is 28.4 Å². The van der Waals surface area contributed by atoms with Gasteiger partial charge in [-0.25, -0.2) is 9.97 Å². The first-order chi connectivity index (χ1) is 22.6. The van der Waals surface area contributed by atoms with Gasteiger partial charge in [-0.1, -0.05) is 17.7 Å². The van der Waals surface area contributed by atoms with Gasteiger partial charge in [0.25, 0.3) is 21.2 Å². The Hall–Kier alpha value is -4.77. The second kappa shape index (κ2) is 14.8. The van der Waals surface area contributed by atoms with Crippen LogP contribution in [0, 0.1) is 6.92 Å². The summed E-state index contributed by atoms with van der Waals surface area (Å²) in [6, 6.07) is 13.0. The third-order valence-electron chi connectivity index (χ3n) is 7.24. The molecular weight excluding hydrogens is 632 g/mol. The largest absolute Gasteiger partial charge is 0.481 e. The van der Waals surface area contributed by atoms with Gasteiger partial charge in [0.1, 0.15) is 11.0 Å². The van der Waals surface area contributed by atoms with E-state index in [2.05, 4.69) is 19.9 Å². The van der Waals surface area contributed by atoms with Crippen LogP contribution in [0.5, 0.6) is 11.8 Å². The molecule has 1 N–H and O–H groups in total. The zero-order valence-corrected chi connectivity index (χ0v) is 26.8. The highest BCUT2D eigenvalue weighted by molar-refractivity contribution is 7.86. The molecule has 0 bridgehead atoms. The molecule has 0 aliphatic carbocycles. The minimum atomic E-state index is -3.97. The van der Waals surface area contributed by atoms with Gasteiger partial charge >= 0.3 is 0 Å². The number of aliphatic hydroxyl groups is 1. The van der Waals surface area contributed by atoms with E-state index in [0.29, 0.717) is 40.6 Å². The van der Waals surface area contributed by atoms with Gasteiger partial charge in [0.05, 0.1) is 56.9 Å². The molecule has 1 fully saturated rings. The van der Waals surface area contributed by atoms with E-state index in [9.17, 15) is 23.1 Å². The minimum absolute atomic E-state index is 0.0166. The Morgan fingerprint density at radius 3 is 1.91 bits per heavy atom. The number of hydrogen-bond donors (Lipinski definition) is 1. The number of benzene rings is 1. The lowest BCUT2D eigenvalue weighted by Crippen LogP contribution is -2.26. The lowest BCUT2D eigenvalue weighted by atomic mass is 10.2. The van der Waals surface area contributed by atoms with Crippen LogP contribution in [0.4, 0.5) is 0 Å². The third kappa shape index (κ3) is 8.53. The molecule has 0 unspecified atom stereocenters. The molecule has 1 aliphatic heterocycles. The highest BCUT2D eigenvalue weighted by Gasteiger charge is 2.22. The van der Waals surface area contributed by atoms with Crippen molar-refractivity contribution >= 4 is 32.4 Å². The maximum atomic E-state index is 12.2. The number of epoxide rings is 1. The summed E-state index contributed by atoms with van der Waals surface area (Å²) in [5.41, 5.74) is 2.44. The Bertz CT molecular complexity index is 2080. The number of aromatic nitrogens is 6. The molecule has 6 rings (SSSR count). The van der Waals surface area contributed by atoms with Gasteiger partial charge in [0.2, 0.25) is 11.8 Å². The fourth-order valence-corrected chi connectivity index (χ4v) is 5.46. The Morgan fingerprint density at radius 1 is 0.872 bits per heavy atom. The second-order valence-corrected chi connectivity index (χ2v) is 12.2. The van der Waals surface area contributed by atoms with Gasteiger partial charge in [-0.2, -0.15) is 18.4 Å². The average molecular weight is 667 g/mol. The van der Waals surface area contributed by atoms with Crippen molar-refractivity contribution in [2.24, 2.45) is 0 Å². The first-order valence-electron chi connectivity index (χ1n) is 14.6. The molecule has 15 nitrogen and oxygen atoms in total. The summed E-state index contributed by atoms with van der Waals surface area (Å²) in [5, 5.41) is 10.2. The summed E-state index contributed by atoms with van der Waals surface area (Å²) < 4.78 is 47.6. The number of methoxy groups -OCH3 is 2. The molecule has 248 valence electrons. The number of aryl methyl sites for hydroxylation is 3. The average Bonchev–Trinajstić information content (AvgIpc) is 3.91. The van der Waals surface area contributed by atoms with Crippen molar-refractivity contribution in [2.75, 3.05) is 27.4 Å². The fraction of sp³-hybridized carbons (Fsp3) is 0.355. The van der Waals surface area contributed by atoms with E-state index >= 15 is 0 Å². The fourth-order valence-electron chi connectivity index (χ4n) is 4.51. The Kier molecular flexibility index (Phi) is 10.6. The van der Waals surface area contributed by atoms with Crippen LogP contribution in [-0.4, -0.2) is 82.2 Å². The lowest BCUT2D eigenvalue weighted by molar-refractivity contribution is 0.0989. The van der Waals surface area contributed by atoms with Crippen LogP contribution in [-0.2, 0) is 32.1 Å². The van der Waals surface area contributed by atoms with E-state index in [4.69, 9.17) is 18.4 Å². The molecule has 16 heteroatoms. The van der Waals surface area contributed by atoms with Crippen molar-refractivity contribution in [3.8, 4) is 11.8 Å². The van der Waals surface area contributed by atoms with E-state index in [1.165, 1.54) is 36.2 Å². The first-order valence-corrected chi connectivity index (χ1v) is 16.1. The Morgan fingerprint density at radius 2 is 1.40 bits per heavy atom. The molecule has 5 heterocycles. The van der Waals surface area contributed by atoms with E-state index in [0.717, 1.165) is 18.6 Å². The summed E-state index contributed by atoms with van der Waals surface area (Å²) in [7, 11) is -0.967. The van der Waals surface area contributed by atoms with Crippen molar-refractivity contribution < 1.29 is 31.9 Å². The number of aliphatic hydroxyl groups excluding tert-OH is 1. The zero-order valence-electron chi connectivity index (χ0n) is 26.0. The number of pyridine rings is 2. The normalized spacial score (nSPS) is 14.8. The Balaban J connectivity index is 0.000000205. The standard InChI is InChI=1S/C19H21N3O6S.C12H13N3O3/c1-13-3-5-15(6-4-13)29(25,26)28-12-14(23)9-10-22-18(24)11-20-16-7-8-17(27-2)21-19(16)22;1-17-10-3-2-9-12(14-10)15(11(16)6-13-9)5-4-8-7-18-8/h3-8,11,14,23H,9-10,12H2,1-2H3;2-3,6,8H,4-5,7H2,1H3/t14-;8-/m11/s1. The molecule has 47 heavy (non-hydrogen) atoms. The van der Waals surface area contributed by atoms with Crippen LogP contribution in [0.1, 0.15) is 18.4 Å². The molecule has 1 aliphatic rings. The van der Waals surface area contributed by atoms with Crippen molar-refractivity contribution in [3.05, 3.63) is 87.2 Å². The van der Waals surface area contributed by atoms with Gasteiger partial charge in [-0.3, -0.25) is 22.9 Å². The van der Waals surface area contributed by atoms with Gasteiger partial charge in [0.15, 0.2) is 11.3 Å². The molecule has 5 aromatic rings. The molecule has 1 aromatic carbocycles. The molecule has 2 atom stereocenters. The third-order valence-corrected chi connectivity index (χ3v) is 8.53. The summed E-state index contributed by atoms with van der Waals surface area (Å²) in [4.78, 5) is 40.7. The second-order valence-electron chi connectivity index (χ2n) is 10.6. The quantitative estimate of drug-likeness (QED) is 0.150. The predicted molar refractivity (Wildman–Crippen MR) is 170 cm³/mol. The van der Waals surface area contributed by atoms with Gasteiger partial charge in [-0.05, 0) is 44.0 Å². The monoisotopic (exact) mass is 666 g/mol. The van der Waals surface area contributed by atoms with Crippen molar-refractivity contribution in [1.29, 1.82) is 0 Å². The van der Waals surface area contributed by atoms with Gasteiger partial charge in [0, 0.05) is 25.2 Å². The smallest absolute Gasteiger partial charge is 0.297 e. The Labute approximate surface area is 269 Å². The number of rotatable bonds is 12. The van der Waals surface area contributed by atoms with Gasteiger partial charge < -0.3 is 19.3 Å². The van der Waals surface area contributed by atoms with Crippen LogP contribution < -0.4 is 20.6 Å². The summed E-state index contributed by atoms with van der Waals surface area (Å²) >= 11 is 0. The summed E-state index contributed by atoms with van der Waals surface area (Å²) in [6.45, 7) is 2.89. The maximum absolute atomic E-state index is 12.2. The molecule has 4 aromatic heterocycles. The van der Waals surface area contributed by atoms with Crippen LogP contribution in [0.3, 0.4) is 0 Å². The SMILES string of the molecule is COc1ccc2ncc(=O)n(CC[C@@H](O)COS(=O)(=O)c3ccc(C)cc3)c2n1.COc1ccc2ncc(=O)n(CC[C@@H]3CO3)c2n1. The van der Waals surface area contributed by atoms with Crippen molar-refractivity contribution in [3.63, 3.8) is 0 Å². The van der Waals surface area contributed by atoms with E-state index in [-0.39, 0.29) is 29.5 Å². The van der Waals surface area contributed by atoms with E-state index in [1.807, 2.05) is 6.92 Å². The molecule has 0 saturated carbocycles. The van der Waals surface area contributed by atoms with Crippen molar-refractivity contribution in [1.82, 2.24) is 29.1 Å². The summed E-state index contributed by atoms with van der Waals surface area (Å²) in [6.07, 6.45) is 2.58. The molecule has 0 spiro atoms.